The van der Waals surface area contributed by atoms with Crippen molar-refractivity contribution in [3.8, 4) is 11.1 Å². The van der Waals surface area contributed by atoms with Crippen molar-refractivity contribution in [3.63, 3.8) is 0 Å². The van der Waals surface area contributed by atoms with Crippen molar-refractivity contribution >= 4 is 5.91 Å². The molecule has 2 fully saturated rings. The predicted molar refractivity (Wildman–Crippen MR) is 109 cm³/mol. The number of halogens is 1. The Bertz CT molecular complexity index is 827. The number of carbonyl (C=O) groups is 1. The summed E-state index contributed by atoms with van der Waals surface area (Å²) in [6.07, 6.45) is 3.87. The number of benzene rings is 1. The summed E-state index contributed by atoms with van der Waals surface area (Å²) in [6.45, 7) is 6.11. The van der Waals surface area contributed by atoms with E-state index in [9.17, 15) is 9.18 Å². The molecule has 0 bridgehead atoms. The molecule has 2 saturated heterocycles. The van der Waals surface area contributed by atoms with Crippen molar-refractivity contribution in [2.75, 3.05) is 45.9 Å². The highest BCUT2D eigenvalue weighted by Crippen LogP contribution is 2.21. The Morgan fingerprint density at radius 2 is 1.90 bits per heavy atom. The van der Waals surface area contributed by atoms with Crippen LogP contribution in [0.4, 0.5) is 4.39 Å². The van der Waals surface area contributed by atoms with Crippen LogP contribution in [0.2, 0.25) is 0 Å². The number of ether oxygens (including phenoxy) is 1. The monoisotopic (exact) mass is 398 g/mol. The van der Waals surface area contributed by atoms with E-state index in [-0.39, 0.29) is 17.8 Å². The van der Waals surface area contributed by atoms with Crippen LogP contribution in [0.1, 0.15) is 12.0 Å². The van der Waals surface area contributed by atoms with Crippen molar-refractivity contribution in [1.29, 1.82) is 0 Å². The first-order valence-corrected chi connectivity index (χ1v) is 10.2. The largest absolute Gasteiger partial charge is 0.379 e. The number of pyridine rings is 1. The van der Waals surface area contributed by atoms with Gasteiger partial charge in [0.1, 0.15) is 5.82 Å². The predicted octanol–water partition coefficient (Wildman–Crippen LogP) is 1.91. The summed E-state index contributed by atoms with van der Waals surface area (Å²) in [5, 5.41) is 3.35. The first kappa shape index (κ1) is 19.9. The van der Waals surface area contributed by atoms with Gasteiger partial charge in [0.15, 0.2) is 0 Å². The lowest BCUT2D eigenvalue weighted by Gasteiger charge is -2.28. The molecule has 6 nitrogen and oxygen atoms in total. The summed E-state index contributed by atoms with van der Waals surface area (Å²) < 4.78 is 19.9. The van der Waals surface area contributed by atoms with Crippen LogP contribution in [0, 0.1) is 5.82 Å². The second kappa shape index (κ2) is 9.43. The highest BCUT2D eigenvalue weighted by atomic mass is 19.1. The van der Waals surface area contributed by atoms with E-state index >= 15 is 0 Å². The van der Waals surface area contributed by atoms with Crippen molar-refractivity contribution in [1.82, 2.24) is 20.1 Å². The molecule has 1 amide bonds. The molecular formula is C22H27FN4O2. The van der Waals surface area contributed by atoms with Crippen LogP contribution in [0.5, 0.6) is 0 Å². The van der Waals surface area contributed by atoms with E-state index in [1.54, 1.807) is 18.5 Å². The van der Waals surface area contributed by atoms with Gasteiger partial charge in [0, 0.05) is 69.7 Å². The first-order chi connectivity index (χ1) is 14.2. The molecule has 154 valence electrons. The van der Waals surface area contributed by atoms with Gasteiger partial charge in [0.05, 0.1) is 13.2 Å². The van der Waals surface area contributed by atoms with Gasteiger partial charge in [-0.1, -0.05) is 12.1 Å². The number of nitrogens with one attached hydrogen (secondary N) is 1. The number of hydrogen-bond acceptors (Lipinski definition) is 5. The van der Waals surface area contributed by atoms with Crippen molar-refractivity contribution in [3.05, 3.63) is 54.1 Å². The third kappa shape index (κ3) is 5.18. The Morgan fingerprint density at radius 3 is 2.66 bits per heavy atom. The Morgan fingerprint density at radius 1 is 1.10 bits per heavy atom. The van der Waals surface area contributed by atoms with E-state index in [1.807, 2.05) is 29.2 Å². The average molecular weight is 398 g/mol. The highest BCUT2D eigenvalue weighted by molar-refractivity contribution is 5.79. The SMILES string of the molecule is O=C1CC(NCc2ccc(-c3ccncc3)cc2F)CN1CCN1CCOCC1. The Balaban J connectivity index is 1.27. The van der Waals surface area contributed by atoms with Gasteiger partial charge < -0.3 is 15.0 Å². The van der Waals surface area contributed by atoms with Crippen LogP contribution in [0.3, 0.4) is 0 Å². The smallest absolute Gasteiger partial charge is 0.224 e. The molecule has 3 heterocycles. The number of nitrogens with zero attached hydrogens (tertiary/aromatic N) is 3. The molecule has 2 aliphatic rings. The first-order valence-electron chi connectivity index (χ1n) is 10.2. The molecule has 29 heavy (non-hydrogen) atoms. The summed E-state index contributed by atoms with van der Waals surface area (Å²) in [6, 6.07) is 9.08. The normalized spacial score (nSPS) is 20.4. The lowest BCUT2D eigenvalue weighted by atomic mass is 10.0. The Kier molecular flexibility index (Phi) is 6.49. The average Bonchev–Trinajstić information content (AvgIpc) is 3.12. The number of likely N-dealkylation sites (tertiary alicyclic amines) is 1. The summed E-state index contributed by atoms with van der Waals surface area (Å²) in [4.78, 5) is 20.5. The van der Waals surface area contributed by atoms with E-state index in [0.717, 1.165) is 50.5 Å². The second-order valence-corrected chi connectivity index (χ2v) is 7.62. The molecule has 1 N–H and O–H groups in total. The van der Waals surface area contributed by atoms with E-state index in [1.165, 1.54) is 0 Å². The molecule has 1 aromatic carbocycles. The maximum absolute atomic E-state index is 14.5. The number of aromatic nitrogens is 1. The van der Waals surface area contributed by atoms with Gasteiger partial charge in [-0.3, -0.25) is 14.7 Å². The quantitative estimate of drug-likeness (QED) is 0.772. The van der Waals surface area contributed by atoms with Crippen LogP contribution in [0.25, 0.3) is 11.1 Å². The Hall–Kier alpha value is -2.35. The van der Waals surface area contributed by atoms with E-state index in [0.29, 0.717) is 25.1 Å². The van der Waals surface area contributed by atoms with Crippen LogP contribution >= 0.6 is 0 Å². The van der Waals surface area contributed by atoms with E-state index in [4.69, 9.17) is 4.74 Å². The summed E-state index contributed by atoms with van der Waals surface area (Å²) in [5.41, 5.74) is 2.39. The fourth-order valence-corrected chi connectivity index (χ4v) is 3.88. The van der Waals surface area contributed by atoms with Crippen LogP contribution in [-0.2, 0) is 16.1 Å². The van der Waals surface area contributed by atoms with Gasteiger partial charge in [-0.2, -0.15) is 0 Å². The fraction of sp³-hybridized carbons (Fsp3) is 0.455. The standard InChI is InChI=1S/C22H27FN4O2/c23-21-13-18(17-3-5-24-6-4-17)1-2-19(21)15-25-20-14-22(28)27(16-20)8-7-26-9-11-29-12-10-26/h1-6,13,20,25H,7-12,14-16H2. The molecule has 0 radical (unpaired) electrons. The fourth-order valence-electron chi connectivity index (χ4n) is 3.88. The molecule has 1 unspecified atom stereocenters. The lowest BCUT2D eigenvalue weighted by Crippen LogP contribution is -2.42. The van der Waals surface area contributed by atoms with Crippen LogP contribution in [0.15, 0.2) is 42.7 Å². The highest BCUT2D eigenvalue weighted by Gasteiger charge is 2.29. The third-order valence-electron chi connectivity index (χ3n) is 5.65. The number of rotatable bonds is 7. The van der Waals surface area contributed by atoms with Crippen LogP contribution in [-0.4, -0.2) is 72.7 Å². The molecule has 1 atom stereocenters. The topological polar surface area (TPSA) is 57.7 Å². The molecule has 1 aromatic heterocycles. The molecule has 0 aliphatic carbocycles. The molecule has 0 saturated carbocycles. The molecule has 2 aromatic rings. The number of amides is 1. The zero-order valence-electron chi connectivity index (χ0n) is 16.5. The third-order valence-corrected chi connectivity index (χ3v) is 5.65. The lowest BCUT2D eigenvalue weighted by molar-refractivity contribution is -0.128. The zero-order chi connectivity index (χ0) is 20.1. The van der Waals surface area contributed by atoms with Gasteiger partial charge >= 0.3 is 0 Å². The zero-order valence-corrected chi connectivity index (χ0v) is 16.5. The van der Waals surface area contributed by atoms with Gasteiger partial charge in [-0.25, -0.2) is 4.39 Å². The maximum atomic E-state index is 14.5. The van der Waals surface area contributed by atoms with Crippen molar-refractivity contribution in [2.24, 2.45) is 0 Å². The van der Waals surface area contributed by atoms with Crippen molar-refractivity contribution in [2.45, 2.75) is 19.0 Å². The summed E-state index contributed by atoms with van der Waals surface area (Å²) in [7, 11) is 0. The van der Waals surface area contributed by atoms with Gasteiger partial charge in [-0.05, 0) is 29.3 Å². The minimum Gasteiger partial charge on any atom is -0.379 e. The van der Waals surface area contributed by atoms with Gasteiger partial charge in [0.2, 0.25) is 5.91 Å². The second-order valence-electron chi connectivity index (χ2n) is 7.62. The van der Waals surface area contributed by atoms with Gasteiger partial charge in [-0.15, -0.1) is 0 Å². The molecule has 2 aliphatic heterocycles. The number of carbonyl (C=O) groups excluding carboxylic acids is 1. The summed E-state index contributed by atoms with van der Waals surface area (Å²) >= 11 is 0. The minimum absolute atomic E-state index is 0.0615. The van der Waals surface area contributed by atoms with Crippen molar-refractivity contribution < 1.29 is 13.9 Å². The molecule has 0 spiro atoms. The van der Waals surface area contributed by atoms with E-state index < -0.39 is 0 Å². The Labute approximate surface area is 170 Å². The molecule has 4 rings (SSSR count). The number of morpholine rings is 1. The number of hydrogen-bond donors (Lipinski definition) is 1. The minimum atomic E-state index is -0.236. The molecular weight excluding hydrogens is 371 g/mol. The van der Waals surface area contributed by atoms with Crippen LogP contribution < -0.4 is 5.32 Å². The summed E-state index contributed by atoms with van der Waals surface area (Å²) in [5.74, 6) is -0.0652. The molecule has 7 heteroatoms. The van der Waals surface area contributed by atoms with Gasteiger partial charge in [0.25, 0.3) is 0 Å². The van der Waals surface area contributed by atoms with E-state index in [2.05, 4.69) is 15.2 Å². The maximum Gasteiger partial charge on any atom is 0.224 e.